The molecular weight excluding hydrogens is 144 g/mol. The predicted molar refractivity (Wildman–Crippen MR) is 54.9 cm³/mol. The minimum Gasteiger partial charge on any atom is -0.0808 e. The minimum absolute atomic E-state index is 1.01. The zero-order chi connectivity index (χ0) is 8.49. The van der Waals surface area contributed by atoms with Gasteiger partial charge in [0.05, 0.1) is 0 Å². The molecule has 0 bridgehead atoms. The van der Waals surface area contributed by atoms with E-state index in [-0.39, 0.29) is 0 Å². The lowest BCUT2D eigenvalue weighted by atomic mass is 10.2. The van der Waals surface area contributed by atoms with E-state index >= 15 is 0 Å². The van der Waals surface area contributed by atoms with Gasteiger partial charge in [0.25, 0.3) is 0 Å². The van der Waals surface area contributed by atoms with Crippen LogP contribution in [0, 0.1) is 0 Å². The Morgan fingerprint density at radius 2 is 0.750 bits per heavy atom. The maximum Gasteiger partial charge on any atom is -0.0163 e. The zero-order valence-corrected chi connectivity index (χ0v) is 7.19. The van der Waals surface area contributed by atoms with Crippen LogP contribution in [0.2, 0.25) is 0 Å². The zero-order valence-electron chi connectivity index (χ0n) is 7.19. The predicted octanol–water partition coefficient (Wildman–Crippen LogP) is 3.56. The Balaban J connectivity index is 2.55. The first-order valence-electron chi connectivity index (χ1n) is 4.30. The summed E-state index contributed by atoms with van der Waals surface area (Å²) >= 11 is 0. The second kappa shape index (κ2) is 6.41. The summed E-state index contributed by atoms with van der Waals surface area (Å²) in [4.78, 5) is 0. The molecule has 0 saturated carbocycles. The third kappa shape index (κ3) is 4.51. The molecule has 0 N–H and O–H groups in total. The summed E-state index contributed by atoms with van der Waals surface area (Å²) < 4.78 is 0. The molecule has 0 spiro atoms. The van der Waals surface area contributed by atoms with Gasteiger partial charge >= 0.3 is 0 Å². The largest absolute Gasteiger partial charge is 0.0808 e. The first-order valence-corrected chi connectivity index (χ1v) is 4.30. The van der Waals surface area contributed by atoms with Crippen molar-refractivity contribution < 1.29 is 0 Å². The normalized spacial score (nSPS) is 28.0. The number of rotatable bonds is 0. The highest BCUT2D eigenvalue weighted by Crippen LogP contribution is 1.93. The van der Waals surface area contributed by atoms with Crippen molar-refractivity contribution in [1.29, 1.82) is 0 Å². The molecule has 0 unspecified atom stereocenters. The molecule has 12 heavy (non-hydrogen) atoms. The lowest BCUT2D eigenvalue weighted by Gasteiger charge is -1.82. The smallest absolute Gasteiger partial charge is 0.0163 e. The molecule has 62 valence electrons. The molecule has 0 heteroatoms. The highest BCUT2D eigenvalue weighted by atomic mass is 13.8. The van der Waals surface area contributed by atoms with E-state index in [1.165, 1.54) is 0 Å². The molecule has 0 aromatic rings. The Bertz CT molecular complexity index is 211. The van der Waals surface area contributed by atoms with Gasteiger partial charge in [-0.05, 0) is 12.8 Å². The van der Waals surface area contributed by atoms with Crippen molar-refractivity contribution in [2.75, 3.05) is 0 Å². The highest BCUT2D eigenvalue weighted by Gasteiger charge is 1.71. The summed E-state index contributed by atoms with van der Waals surface area (Å²) in [5.41, 5.74) is 0. The summed E-state index contributed by atoms with van der Waals surface area (Å²) in [5, 5.41) is 0. The fraction of sp³-hybridized carbons (Fsp3) is 0.167. The molecule has 0 aromatic heterocycles. The standard InChI is InChI=1S/C12H14/c1-2-4-6-8-10-12-11-9-7-5-3-1/h1-6,9-12H,7-8H2/b2-1+,5-3-,6-4-,11-9-,12-10?. The fourth-order valence-electron chi connectivity index (χ4n) is 0.914. The van der Waals surface area contributed by atoms with Crippen LogP contribution in [0.15, 0.2) is 60.8 Å². The number of hydrogen-bond acceptors (Lipinski definition) is 0. The average molecular weight is 158 g/mol. The van der Waals surface area contributed by atoms with Crippen molar-refractivity contribution in [3.05, 3.63) is 60.8 Å². The molecule has 0 fully saturated rings. The third-order valence-electron chi connectivity index (χ3n) is 1.53. The Labute approximate surface area is 74.3 Å². The van der Waals surface area contributed by atoms with Gasteiger partial charge in [-0.25, -0.2) is 0 Å². The Hall–Kier alpha value is -1.30. The van der Waals surface area contributed by atoms with Crippen LogP contribution in [-0.4, -0.2) is 0 Å². The minimum atomic E-state index is 1.01. The van der Waals surface area contributed by atoms with Crippen molar-refractivity contribution in [2.45, 2.75) is 12.8 Å². The number of allylic oxidation sites excluding steroid dienone is 10. The van der Waals surface area contributed by atoms with Gasteiger partial charge in [-0.2, -0.15) is 0 Å². The van der Waals surface area contributed by atoms with E-state index in [2.05, 4.69) is 60.8 Å². The van der Waals surface area contributed by atoms with Crippen LogP contribution in [0.1, 0.15) is 12.8 Å². The second-order valence-electron chi connectivity index (χ2n) is 2.57. The first kappa shape index (κ1) is 8.79. The van der Waals surface area contributed by atoms with Crippen LogP contribution in [-0.2, 0) is 0 Å². The van der Waals surface area contributed by atoms with Gasteiger partial charge in [-0.3, -0.25) is 0 Å². The maximum atomic E-state index is 2.14. The van der Waals surface area contributed by atoms with Gasteiger partial charge < -0.3 is 0 Å². The molecule has 0 atom stereocenters. The molecule has 0 saturated heterocycles. The Kier molecular flexibility index (Phi) is 4.70. The first-order chi connectivity index (χ1) is 6.00. The van der Waals surface area contributed by atoms with E-state index in [1.54, 1.807) is 0 Å². The number of hydrogen-bond donors (Lipinski definition) is 0. The maximum absolute atomic E-state index is 2.14. The summed E-state index contributed by atoms with van der Waals surface area (Å²) in [6, 6.07) is 0. The van der Waals surface area contributed by atoms with Gasteiger partial charge in [-0.1, -0.05) is 60.8 Å². The third-order valence-corrected chi connectivity index (χ3v) is 1.53. The monoisotopic (exact) mass is 158 g/mol. The molecule has 1 rings (SSSR count). The second-order valence-corrected chi connectivity index (χ2v) is 2.57. The van der Waals surface area contributed by atoms with Gasteiger partial charge in [-0.15, -0.1) is 0 Å². The molecule has 0 aromatic carbocycles. The van der Waals surface area contributed by atoms with Gasteiger partial charge in [0.1, 0.15) is 0 Å². The van der Waals surface area contributed by atoms with Crippen LogP contribution in [0.25, 0.3) is 0 Å². The van der Waals surface area contributed by atoms with Gasteiger partial charge in [0.2, 0.25) is 0 Å². The van der Waals surface area contributed by atoms with E-state index < -0.39 is 0 Å². The van der Waals surface area contributed by atoms with Crippen molar-refractivity contribution >= 4 is 0 Å². The fourth-order valence-corrected chi connectivity index (χ4v) is 0.914. The molecule has 0 nitrogen and oxygen atoms in total. The SMILES string of the molecule is C1=CC\C=C/C=C/C=C\C/C=C\1. The molecule has 1 aliphatic carbocycles. The topological polar surface area (TPSA) is 0 Å². The summed E-state index contributed by atoms with van der Waals surface area (Å²) in [7, 11) is 0. The molecular formula is C12H14. The summed E-state index contributed by atoms with van der Waals surface area (Å²) in [6.07, 6.45) is 23.0. The van der Waals surface area contributed by atoms with Crippen LogP contribution in [0.4, 0.5) is 0 Å². The van der Waals surface area contributed by atoms with E-state index in [4.69, 9.17) is 0 Å². The summed E-state index contributed by atoms with van der Waals surface area (Å²) in [6.45, 7) is 0. The molecule has 0 radical (unpaired) electrons. The van der Waals surface area contributed by atoms with Crippen LogP contribution in [0.5, 0.6) is 0 Å². The van der Waals surface area contributed by atoms with Crippen molar-refractivity contribution in [3.63, 3.8) is 0 Å². The molecule has 0 heterocycles. The quantitative estimate of drug-likeness (QED) is 0.505. The summed E-state index contributed by atoms with van der Waals surface area (Å²) in [5.74, 6) is 0. The van der Waals surface area contributed by atoms with E-state index in [0.29, 0.717) is 0 Å². The molecule has 0 amide bonds. The van der Waals surface area contributed by atoms with E-state index in [9.17, 15) is 0 Å². The lowest BCUT2D eigenvalue weighted by molar-refractivity contribution is 1.37. The Morgan fingerprint density at radius 1 is 0.417 bits per heavy atom. The van der Waals surface area contributed by atoms with Gasteiger partial charge in [0, 0.05) is 0 Å². The van der Waals surface area contributed by atoms with E-state index in [1.807, 2.05) is 0 Å². The van der Waals surface area contributed by atoms with Crippen LogP contribution in [0.3, 0.4) is 0 Å². The van der Waals surface area contributed by atoms with Crippen LogP contribution < -0.4 is 0 Å². The van der Waals surface area contributed by atoms with Crippen molar-refractivity contribution in [3.8, 4) is 0 Å². The van der Waals surface area contributed by atoms with Crippen molar-refractivity contribution in [1.82, 2.24) is 0 Å². The average Bonchev–Trinajstić information content (AvgIpc) is 2.05. The van der Waals surface area contributed by atoms with Crippen LogP contribution >= 0.6 is 0 Å². The molecule has 0 aliphatic heterocycles. The highest BCUT2D eigenvalue weighted by molar-refractivity contribution is 5.15. The Morgan fingerprint density at radius 3 is 1.17 bits per heavy atom. The van der Waals surface area contributed by atoms with Gasteiger partial charge in [0.15, 0.2) is 0 Å². The molecule has 1 aliphatic rings. The lowest BCUT2D eigenvalue weighted by Crippen LogP contribution is -1.61. The van der Waals surface area contributed by atoms with Crippen molar-refractivity contribution in [2.24, 2.45) is 0 Å². The van der Waals surface area contributed by atoms with E-state index in [0.717, 1.165) is 12.8 Å².